The van der Waals surface area contributed by atoms with Gasteiger partial charge in [0.2, 0.25) is 0 Å². The van der Waals surface area contributed by atoms with Crippen molar-refractivity contribution in [1.29, 1.82) is 0 Å². The standard InChI is InChI=1S/C19H21F2N3O3/c1-3-17(13-4-8-16(9-5-13)27-19(20)21)23-24-18(25)12-22-14-6-10-15(26-2)11-7-14/h3-11,19,22-23H,12H2,1-2H3,(H,24,25)/b17-3+. The molecular weight excluding hydrogens is 356 g/mol. The Morgan fingerprint density at radius 1 is 1.04 bits per heavy atom. The molecule has 27 heavy (non-hydrogen) atoms. The Labute approximate surface area is 156 Å². The van der Waals surface area contributed by atoms with Crippen LogP contribution in [-0.2, 0) is 4.79 Å². The van der Waals surface area contributed by atoms with Crippen LogP contribution in [0.15, 0.2) is 54.6 Å². The largest absolute Gasteiger partial charge is 0.497 e. The number of carbonyl (C=O) groups is 1. The van der Waals surface area contributed by atoms with Gasteiger partial charge in [0.15, 0.2) is 0 Å². The van der Waals surface area contributed by atoms with E-state index in [4.69, 9.17) is 4.74 Å². The third-order valence-corrected chi connectivity index (χ3v) is 3.56. The number of hydrogen-bond donors (Lipinski definition) is 3. The zero-order chi connectivity index (χ0) is 19.6. The van der Waals surface area contributed by atoms with Gasteiger partial charge in [-0.3, -0.25) is 15.6 Å². The van der Waals surface area contributed by atoms with Crippen molar-refractivity contribution in [2.75, 3.05) is 19.0 Å². The van der Waals surface area contributed by atoms with Crippen LogP contribution in [0, 0.1) is 0 Å². The molecule has 0 aliphatic carbocycles. The number of methoxy groups -OCH3 is 1. The van der Waals surface area contributed by atoms with Gasteiger partial charge in [-0.25, -0.2) is 0 Å². The molecule has 2 rings (SSSR count). The van der Waals surface area contributed by atoms with Crippen molar-refractivity contribution >= 4 is 17.3 Å². The second kappa shape index (κ2) is 10.0. The highest BCUT2D eigenvalue weighted by molar-refractivity contribution is 5.81. The zero-order valence-corrected chi connectivity index (χ0v) is 15.0. The molecule has 0 fully saturated rings. The molecule has 0 atom stereocenters. The summed E-state index contributed by atoms with van der Waals surface area (Å²) in [5.41, 5.74) is 7.51. The van der Waals surface area contributed by atoms with Crippen molar-refractivity contribution in [3.63, 3.8) is 0 Å². The average Bonchev–Trinajstić information content (AvgIpc) is 2.68. The lowest BCUT2D eigenvalue weighted by atomic mass is 10.1. The maximum Gasteiger partial charge on any atom is 0.387 e. The Kier molecular flexibility index (Phi) is 7.42. The summed E-state index contributed by atoms with van der Waals surface area (Å²) in [4.78, 5) is 12.0. The van der Waals surface area contributed by atoms with Crippen LogP contribution in [0.5, 0.6) is 11.5 Å². The second-order valence-electron chi connectivity index (χ2n) is 5.36. The molecule has 0 spiro atoms. The number of nitrogens with one attached hydrogen (secondary N) is 3. The number of ether oxygens (including phenoxy) is 2. The quantitative estimate of drug-likeness (QED) is 0.585. The summed E-state index contributed by atoms with van der Waals surface area (Å²) in [5.74, 6) is 0.522. The fourth-order valence-electron chi connectivity index (χ4n) is 2.20. The Morgan fingerprint density at radius 3 is 2.22 bits per heavy atom. The van der Waals surface area contributed by atoms with E-state index >= 15 is 0 Å². The van der Waals surface area contributed by atoms with Gasteiger partial charge in [-0.05, 0) is 61.0 Å². The first-order valence-corrected chi connectivity index (χ1v) is 8.16. The van der Waals surface area contributed by atoms with Crippen molar-refractivity contribution in [1.82, 2.24) is 10.9 Å². The van der Waals surface area contributed by atoms with Crippen LogP contribution in [-0.4, -0.2) is 26.2 Å². The summed E-state index contributed by atoms with van der Waals surface area (Å²) in [6.45, 7) is -1.02. The molecule has 0 unspecified atom stereocenters. The van der Waals surface area contributed by atoms with E-state index in [2.05, 4.69) is 20.9 Å². The van der Waals surface area contributed by atoms with Gasteiger partial charge in [-0.15, -0.1) is 0 Å². The molecular formula is C19H21F2N3O3. The summed E-state index contributed by atoms with van der Waals surface area (Å²) in [6, 6.07) is 13.3. The highest BCUT2D eigenvalue weighted by atomic mass is 19.3. The van der Waals surface area contributed by atoms with E-state index in [0.29, 0.717) is 11.3 Å². The number of carbonyl (C=O) groups excluding carboxylic acids is 1. The predicted molar refractivity (Wildman–Crippen MR) is 99.5 cm³/mol. The number of hydrogen-bond acceptors (Lipinski definition) is 5. The summed E-state index contributed by atoms with van der Waals surface area (Å²) >= 11 is 0. The molecule has 0 saturated heterocycles. The molecule has 0 bridgehead atoms. The van der Waals surface area contributed by atoms with Gasteiger partial charge in [0.05, 0.1) is 19.4 Å². The van der Waals surface area contributed by atoms with Crippen molar-refractivity contribution in [2.45, 2.75) is 13.5 Å². The third kappa shape index (κ3) is 6.50. The van der Waals surface area contributed by atoms with Crippen molar-refractivity contribution in [3.05, 3.63) is 60.2 Å². The lowest BCUT2D eigenvalue weighted by Gasteiger charge is -2.14. The molecule has 0 heterocycles. The van der Waals surface area contributed by atoms with E-state index in [-0.39, 0.29) is 18.2 Å². The Morgan fingerprint density at radius 2 is 1.67 bits per heavy atom. The van der Waals surface area contributed by atoms with Crippen LogP contribution < -0.4 is 25.6 Å². The first-order chi connectivity index (χ1) is 13.0. The van der Waals surface area contributed by atoms with Crippen molar-refractivity contribution in [3.8, 4) is 11.5 Å². The third-order valence-electron chi connectivity index (χ3n) is 3.56. The first-order valence-electron chi connectivity index (χ1n) is 8.16. The fourth-order valence-corrected chi connectivity index (χ4v) is 2.20. The maximum absolute atomic E-state index is 12.2. The zero-order valence-electron chi connectivity index (χ0n) is 15.0. The van der Waals surface area contributed by atoms with Crippen LogP contribution in [0.2, 0.25) is 0 Å². The smallest absolute Gasteiger partial charge is 0.387 e. The summed E-state index contributed by atoms with van der Waals surface area (Å²) < 4.78 is 33.7. The molecule has 0 saturated carbocycles. The minimum atomic E-state index is -2.87. The van der Waals surface area contributed by atoms with Gasteiger partial charge in [0.25, 0.3) is 5.91 Å². The second-order valence-corrected chi connectivity index (χ2v) is 5.36. The van der Waals surface area contributed by atoms with Gasteiger partial charge < -0.3 is 14.8 Å². The van der Waals surface area contributed by atoms with Crippen LogP contribution in [0.25, 0.3) is 5.70 Å². The molecule has 2 aromatic rings. The molecule has 0 aromatic heterocycles. The molecule has 6 nitrogen and oxygen atoms in total. The van der Waals surface area contributed by atoms with Gasteiger partial charge >= 0.3 is 6.61 Å². The number of halogens is 2. The lowest BCUT2D eigenvalue weighted by molar-refractivity contribution is -0.120. The summed E-state index contributed by atoms with van der Waals surface area (Å²) in [6.07, 6.45) is 1.75. The minimum Gasteiger partial charge on any atom is -0.497 e. The van der Waals surface area contributed by atoms with Gasteiger partial charge in [0.1, 0.15) is 11.5 Å². The van der Waals surface area contributed by atoms with Gasteiger partial charge in [-0.2, -0.15) is 8.78 Å². The molecule has 8 heteroatoms. The normalized spacial score (nSPS) is 11.1. The molecule has 0 aliphatic rings. The van der Waals surface area contributed by atoms with Gasteiger partial charge in [0, 0.05) is 5.69 Å². The fraction of sp³-hybridized carbons (Fsp3) is 0.211. The molecule has 2 aromatic carbocycles. The number of rotatable bonds is 9. The van der Waals surface area contributed by atoms with Gasteiger partial charge in [-0.1, -0.05) is 6.08 Å². The first kappa shape index (κ1) is 20.0. The van der Waals surface area contributed by atoms with E-state index in [0.717, 1.165) is 11.4 Å². The van der Waals surface area contributed by atoms with E-state index in [1.54, 1.807) is 56.5 Å². The highest BCUT2D eigenvalue weighted by Gasteiger charge is 2.07. The van der Waals surface area contributed by atoms with E-state index < -0.39 is 6.61 Å². The minimum absolute atomic E-state index is 0.0666. The summed E-state index contributed by atoms with van der Waals surface area (Å²) in [5, 5.41) is 2.99. The molecule has 0 aliphatic heterocycles. The number of benzene rings is 2. The summed E-state index contributed by atoms with van der Waals surface area (Å²) in [7, 11) is 1.58. The number of alkyl halides is 2. The molecule has 3 N–H and O–H groups in total. The van der Waals surface area contributed by atoms with E-state index in [9.17, 15) is 13.6 Å². The topological polar surface area (TPSA) is 71.6 Å². The van der Waals surface area contributed by atoms with E-state index in [1.165, 1.54) is 12.1 Å². The van der Waals surface area contributed by atoms with Crippen molar-refractivity contribution in [2.24, 2.45) is 0 Å². The SMILES string of the molecule is C/C=C(/NNC(=O)CNc1ccc(OC)cc1)c1ccc(OC(F)F)cc1. The molecule has 0 radical (unpaired) electrons. The molecule has 1 amide bonds. The lowest BCUT2D eigenvalue weighted by Crippen LogP contribution is -2.39. The predicted octanol–water partition coefficient (Wildman–Crippen LogP) is 3.39. The Bertz CT molecular complexity index is 763. The Balaban J connectivity index is 1.83. The monoisotopic (exact) mass is 377 g/mol. The van der Waals surface area contributed by atoms with Crippen LogP contribution >= 0.6 is 0 Å². The van der Waals surface area contributed by atoms with Crippen molar-refractivity contribution < 1.29 is 23.0 Å². The number of allylic oxidation sites excluding steroid dienone is 1. The van der Waals surface area contributed by atoms with Crippen LogP contribution in [0.4, 0.5) is 14.5 Å². The van der Waals surface area contributed by atoms with E-state index in [1.807, 2.05) is 0 Å². The van der Waals surface area contributed by atoms with Crippen LogP contribution in [0.1, 0.15) is 12.5 Å². The average molecular weight is 377 g/mol. The number of amides is 1. The van der Waals surface area contributed by atoms with Crippen LogP contribution in [0.3, 0.4) is 0 Å². The molecule has 144 valence electrons. The Hall–Kier alpha value is -3.29. The number of hydrazine groups is 1. The number of anilines is 1. The maximum atomic E-state index is 12.2. The highest BCUT2D eigenvalue weighted by Crippen LogP contribution is 2.18.